The number of nitrogens with two attached hydrogens (primary N) is 1. The average Bonchev–Trinajstić information content (AvgIpc) is 2.44. The topological polar surface area (TPSA) is 79.0 Å². The van der Waals surface area contributed by atoms with E-state index < -0.39 is 6.10 Å². The van der Waals surface area contributed by atoms with Crippen LogP contribution < -0.4 is 10.5 Å². The molecule has 4 N–H and O–H groups in total. The van der Waals surface area contributed by atoms with E-state index in [4.69, 9.17) is 27.8 Å². The summed E-state index contributed by atoms with van der Waals surface area (Å²) in [5.41, 5.74) is 6.28. The predicted octanol–water partition coefficient (Wildman–Crippen LogP) is 0.373. The van der Waals surface area contributed by atoms with Gasteiger partial charge in [-0.25, -0.2) is 0 Å². The Kier molecular flexibility index (Phi) is 6.87. The fourth-order valence-electron chi connectivity index (χ4n) is 1.64. The maximum absolute atomic E-state index is 9.91. The number of aliphatic hydroxyl groups excluding tert-OH is 2. The molecule has 0 saturated heterocycles. The highest BCUT2D eigenvalue weighted by Gasteiger charge is 2.13. The van der Waals surface area contributed by atoms with Gasteiger partial charge in [-0.2, -0.15) is 0 Å². The van der Waals surface area contributed by atoms with E-state index in [0.29, 0.717) is 17.3 Å². The first-order valence-corrected chi connectivity index (χ1v) is 6.86. The third-order valence-corrected chi connectivity index (χ3v) is 3.31. The maximum Gasteiger partial charge on any atom is 0.120 e. The van der Waals surface area contributed by atoms with Crippen LogP contribution in [-0.4, -0.2) is 59.1 Å². The number of rotatable bonds is 8. The van der Waals surface area contributed by atoms with Gasteiger partial charge in [-0.15, -0.1) is 0 Å². The van der Waals surface area contributed by atoms with Gasteiger partial charge >= 0.3 is 0 Å². The predicted molar refractivity (Wildman–Crippen MR) is 83.0 cm³/mol. The van der Waals surface area contributed by atoms with Crippen LogP contribution in [0.4, 0.5) is 0 Å². The quantitative estimate of drug-likeness (QED) is 0.602. The molecule has 1 aromatic carbocycles. The van der Waals surface area contributed by atoms with Crippen molar-refractivity contribution in [2.75, 3.05) is 26.8 Å². The van der Waals surface area contributed by atoms with Crippen LogP contribution in [0, 0.1) is 0 Å². The zero-order valence-corrected chi connectivity index (χ0v) is 12.6. The Labute approximate surface area is 125 Å². The van der Waals surface area contributed by atoms with Crippen molar-refractivity contribution in [1.82, 2.24) is 4.90 Å². The highest BCUT2D eigenvalue weighted by atomic mass is 32.1. The van der Waals surface area contributed by atoms with Gasteiger partial charge in [0, 0.05) is 18.2 Å². The molecule has 0 aliphatic heterocycles. The van der Waals surface area contributed by atoms with Gasteiger partial charge in [0.15, 0.2) is 0 Å². The lowest BCUT2D eigenvalue weighted by Crippen LogP contribution is -2.39. The van der Waals surface area contributed by atoms with Crippen LogP contribution >= 0.6 is 12.2 Å². The average molecular weight is 298 g/mol. The first-order valence-electron chi connectivity index (χ1n) is 6.46. The van der Waals surface area contributed by atoms with Gasteiger partial charge in [0.05, 0.1) is 6.61 Å². The second kappa shape index (κ2) is 8.16. The lowest BCUT2D eigenvalue weighted by Gasteiger charge is -2.25. The molecular weight excluding hydrogens is 276 g/mol. The molecule has 0 aliphatic rings. The van der Waals surface area contributed by atoms with E-state index in [1.165, 1.54) is 0 Å². The molecule has 2 atom stereocenters. The van der Waals surface area contributed by atoms with E-state index in [0.717, 1.165) is 5.56 Å². The van der Waals surface area contributed by atoms with Gasteiger partial charge in [-0.3, -0.25) is 4.90 Å². The Morgan fingerprint density at radius 2 is 2.20 bits per heavy atom. The molecular formula is C14H22N2O3S. The summed E-state index contributed by atoms with van der Waals surface area (Å²) in [5.74, 6) is 0.618. The van der Waals surface area contributed by atoms with Crippen molar-refractivity contribution >= 4 is 17.2 Å². The molecule has 0 saturated carbocycles. The third kappa shape index (κ3) is 5.42. The van der Waals surface area contributed by atoms with Gasteiger partial charge in [-0.1, -0.05) is 24.4 Å². The lowest BCUT2D eigenvalue weighted by atomic mass is 10.2. The van der Waals surface area contributed by atoms with Crippen LogP contribution in [0.3, 0.4) is 0 Å². The molecule has 1 aromatic rings. The van der Waals surface area contributed by atoms with Crippen molar-refractivity contribution in [2.45, 2.75) is 19.1 Å². The van der Waals surface area contributed by atoms with Gasteiger partial charge in [0.1, 0.15) is 23.4 Å². The highest BCUT2D eigenvalue weighted by molar-refractivity contribution is 7.80. The minimum atomic E-state index is -0.637. The van der Waals surface area contributed by atoms with Crippen LogP contribution in [0.1, 0.15) is 12.5 Å². The third-order valence-electron chi connectivity index (χ3n) is 3.08. The smallest absolute Gasteiger partial charge is 0.120 e. The molecule has 0 aromatic heterocycles. The summed E-state index contributed by atoms with van der Waals surface area (Å²) in [6.07, 6.45) is -0.637. The molecule has 0 aliphatic carbocycles. The van der Waals surface area contributed by atoms with Crippen LogP contribution in [0.5, 0.6) is 5.75 Å². The number of benzene rings is 1. The van der Waals surface area contributed by atoms with Crippen molar-refractivity contribution in [3.05, 3.63) is 29.8 Å². The second-order valence-corrected chi connectivity index (χ2v) is 5.27. The molecule has 0 heterocycles. The van der Waals surface area contributed by atoms with E-state index in [1.807, 2.05) is 24.9 Å². The Morgan fingerprint density at radius 3 is 2.80 bits per heavy atom. The highest BCUT2D eigenvalue weighted by Crippen LogP contribution is 2.13. The van der Waals surface area contributed by atoms with Crippen molar-refractivity contribution in [3.8, 4) is 5.75 Å². The maximum atomic E-state index is 9.91. The van der Waals surface area contributed by atoms with E-state index in [9.17, 15) is 5.11 Å². The van der Waals surface area contributed by atoms with E-state index in [-0.39, 0.29) is 19.3 Å². The van der Waals surface area contributed by atoms with E-state index in [2.05, 4.69) is 0 Å². The lowest BCUT2D eigenvalue weighted by molar-refractivity contribution is 0.0543. The zero-order valence-electron chi connectivity index (χ0n) is 11.8. The Hall–Kier alpha value is -1.21. The van der Waals surface area contributed by atoms with E-state index >= 15 is 0 Å². The fourth-order valence-corrected chi connectivity index (χ4v) is 1.76. The normalized spacial score (nSPS) is 14.1. The summed E-state index contributed by atoms with van der Waals surface area (Å²) in [6, 6.07) is 7.14. The van der Waals surface area contributed by atoms with Crippen molar-refractivity contribution < 1.29 is 14.9 Å². The van der Waals surface area contributed by atoms with Gasteiger partial charge < -0.3 is 20.7 Å². The number of aliphatic hydroxyl groups is 2. The van der Waals surface area contributed by atoms with Crippen molar-refractivity contribution in [3.63, 3.8) is 0 Å². The van der Waals surface area contributed by atoms with Crippen LogP contribution in [0.25, 0.3) is 0 Å². The summed E-state index contributed by atoms with van der Waals surface area (Å²) in [7, 11) is 1.84. The summed E-state index contributed by atoms with van der Waals surface area (Å²) in [5, 5.41) is 18.9. The second-order valence-electron chi connectivity index (χ2n) is 4.83. The van der Waals surface area contributed by atoms with Crippen molar-refractivity contribution in [1.29, 1.82) is 0 Å². The zero-order chi connectivity index (χ0) is 15.1. The molecule has 112 valence electrons. The number of hydrogen-bond acceptors (Lipinski definition) is 5. The summed E-state index contributed by atoms with van der Waals surface area (Å²) in [6.45, 7) is 2.54. The molecule has 0 spiro atoms. The molecule has 1 rings (SSSR count). The SMILES string of the molecule is CC(CO)N(C)CC(O)COc1cccc(C(N)=S)c1. The monoisotopic (exact) mass is 298 g/mol. The number of nitrogens with zero attached hydrogens (tertiary/aromatic N) is 1. The number of likely N-dealkylation sites (N-methyl/N-ethyl adjacent to an activating group) is 1. The van der Waals surface area contributed by atoms with Crippen LogP contribution in [0.15, 0.2) is 24.3 Å². The summed E-state index contributed by atoms with van der Waals surface area (Å²) < 4.78 is 5.52. The minimum absolute atomic E-state index is 0.00240. The molecule has 5 nitrogen and oxygen atoms in total. The largest absolute Gasteiger partial charge is 0.491 e. The first kappa shape index (κ1) is 16.8. The van der Waals surface area contributed by atoms with Gasteiger partial charge in [-0.05, 0) is 26.1 Å². The molecule has 2 unspecified atom stereocenters. The van der Waals surface area contributed by atoms with Crippen LogP contribution in [-0.2, 0) is 0 Å². The standard InChI is InChI=1S/C14H22N2O3S/c1-10(8-17)16(2)7-12(18)9-19-13-5-3-4-11(6-13)14(15)20/h3-6,10,12,17-18H,7-9H2,1-2H3,(H2,15,20). The Balaban J connectivity index is 2.46. The molecule has 0 fully saturated rings. The molecule has 0 bridgehead atoms. The first-order chi connectivity index (χ1) is 9.43. The Morgan fingerprint density at radius 1 is 1.50 bits per heavy atom. The number of ether oxygens (including phenoxy) is 1. The van der Waals surface area contributed by atoms with Gasteiger partial charge in [0.25, 0.3) is 0 Å². The number of thiocarbonyl (C=S) groups is 1. The van der Waals surface area contributed by atoms with Crippen molar-refractivity contribution in [2.24, 2.45) is 5.73 Å². The molecule has 0 radical (unpaired) electrons. The minimum Gasteiger partial charge on any atom is -0.491 e. The summed E-state index contributed by atoms with van der Waals surface area (Å²) >= 11 is 4.90. The fraction of sp³-hybridized carbons (Fsp3) is 0.500. The molecule has 20 heavy (non-hydrogen) atoms. The molecule has 0 amide bonds. The van der Waals surface area contributed by atoms with Gasteiger partial charge in [0.2, 0.25) is 0 Å². The number of hydrogen-bond donors (Lipinski definition) is 3. The molecule has 6 heteroatoms. The Bertz CT molecular complexity index is 442. The van der Waals surface area contributed by atoms with Crippen LogP contribution in [0.2, 0.25) is 0 Å². The van der Waals surface area contributed by atoms with E-state index in [1.54, 1.807) is 18.2 Å². The summed E-state index contributed by atoms with van der Waals surface area (Å²) in [4.78, 5) is 2.19.